The van der Waals surface area contributed by atoms with Gasteiger partial charge in [-0.25, -0.2) is 4.98 Å². The van der Waals surface area contributed by atoms with Crippen molar-refractivity contribution in [1.82, 2.24) is 4.98 Å². The number of hydrogen-bond acceptors (Lipinski definition) is 2. The molecule has 1 aromatic heterocycles. The highest BCUT2D eigenvalue weighted by atomic mass is 35.5. The number of pyridine rings is 1. The van der Waals surface area contributed by atoms with Crippen LogP contribution < -0.4 is 0 Å². The number of aromatic nitrogens is 1. The molecule has 2 nitrogen and oxygen atoms in total. The van der Waals surface area contributed by atoms with Crippen LogP contribution in [0.1, 0.15) is 19.5 Å². The van der Waals surface area contributed by atoms with Gasteiger partial charge in [-0.15, -0.1) is 0 Å². The van der Waals surface area contributed by atoms with Gasteiger partial charge in [-0.2, -0.15) is 0 Å². The highest BCUT2D eigenvalue weighted by Gasteiger charge is 2.11. The molecule has 0 spiro atoms. The molecule has 17 heavy (non-hydrogen) atoms. The number of nitrogens with zero attached hydrogens (tertiary/aromatic N) is 1. The molecule has 2 rings (SSSR count). The Balaban J connectivity index is 2.63. The number of rotatable bonds is 2. The Labute approximate surface area is 110 Å². The molecule has 0 aliphatic rings. The molecule has 1 N–H and O–H groups in total. The first-order valence-corrected chi connectivity index (χ1v) is 6.21. The van der Waals surface area contributed by atoms with Gasteiger partial charge in [-0.05, 0) is 30.5 Å². The summed E-state index contributed by atoms with van der Waals surface area (Å²) in [5.41, 5.74) is 1.40. The smallest absolute Gasteiger partial charge is 0.160 e. The molecular formula is C13H13Cl2NO. The van der Waals surface area contributed by atoms with Crippen LogP contribution >= 0.6 is 23.2 Å². The second-order valence-corrected chi connectivity index (χ2v) is 5.30. The van der Waals surface area contributed by atoms with Crippen LogP contribution in [0, 0.1) is 5.92 Å². The van der Waals surface area contributed by atoms with Crippen LogP contribution in [0.3, 0.4) is 0 Å². The molecular weight excluding hydrogens is 257 g/mol. The van der Waals surface area contributed by atoms with E-state index in [0.29, 0.717) is 16.5 Å². The van der Waals surface area contributed by atoms with Gasteiger partial charge in [0.05, 0.1) is 10.0 Å². The van der Waals surface area contributed by atoms with Crippen LogP contribution in [0.5, 0.6) is 5.75 Å². The van der Waals surface area contributed by atoms with E-state index in [4.69, 9.17) is 23.2 Å². The van der Waals surface area contributed by atoms with Gasteiger partial charge < -0.3 is 5.11 Å². The lowest BCUT2D eigenvalue weighted by molar-refractivity contribution is 0.480. The highest BCUT2D eigenvalue weighted by Crippen LogP contribution is 2.36. The van der Waals surface area contributed by atoms with Gasteiger partial charge in [-0.1, -0.05) is 37.0 Å². The number of fused-ring (bicyclic) bond motifs is 1. The minimum Gasteiger partial charge on any atom is -0.504 e. The van der Waals surface area contributed by atoms with Crippen LogP contribution in [0.25, 0.3) is 10.9 Å². The lowest BCUT2D eigenvalue weighted by Crippen LogP contribution is -1.97. The van der Waals surface area contributed by atoms with Gasteiger partial charge in [0.25, 0.3) is 0 Å². The van der Waals surface area contributed by atoms with Gasteiger partial charge in [0, 0.05) is 11.1 Å². The van der Waals surface area contributed by atoms with Crippen LogP contribution in [0.15, 0.2) is 18.2 Å². The van der Waals surface area contributed by atoms with Crippen molar-refractivity contribution in [1.29, 1.82) is 0 Å². The second kappa shape index (κ2) is 4.71. The van der Waals surface area contributed by atoms with Crippen molar-refractivity contribution in [3.63, 3.8) is 0 Å². The second-order valence-electron chi connectivity index (χ2n) is 4.49. The molecule has 0 radical (unpaired) electrons. The molecule has 0 saturated heterocycles. The normalized spacial score (nSPS) is 11.4. The van der Waals surface area contributed by atoms with Crippen LogP contribution in [-0.4, -0.2) is 10.1 Å². The Morgan fingerprint density at radius 3 is 2.59 bits per heavy atom. The standard InChI is InChI=1S/C13H13Cl2NO/c1-7(2)5-8-3-4-9-10(14)6-11(15)13(17)12(9)16-8/h3-4,6-7,17H,5H2,1-2H3. The summed E-state index contributed by atoms with van der Waals surface area (Å²) in [5, 5.41) is 11.4. The zero-order chi connectivity index (χ0) is 12.6. The zero-order valence-electron chi connectivity index (χ0n) is 9.67. The largest absolute Gasteiger partial charge is 0.504 e. The van der Waals surface area contributed by atoms with E-state index in [1.165, 1.54) is 6.07 Å². The molecule has 0 unspecified atom stereocenters. The average molecular weight is 270 g/mol. The lowest BCUT2D eigenvalue weighted by Gasteiger charge is -2.08. The number of benzene rings is 1. The number of aromatic hydroxyl groups is 1. The quantitative estimate of drug-likeness (QED) is 0.874. The van der Waals surface area contributed by atoms with E-state index < -0.39 is 0 Å². The third-order valence-corrected chi connectivity index (χ3v) is 3.13. The zero-order valence-corrected chi connectivity index (χ0v) is 11.2. The van der Waals surface area contributed by atoms with E-state index in [0.717, 1.165) is 17.5 Å². The average Bonchev–Trinajstić information content (AvgIpc) is 2.25. The number of phenolic OH excluding ortho intramolecular Hbond substituents is 1. The molecule has 0 fully saturated rings. The first-order valence-electron chi connectivity index (χ1n) is 5.45. The fourth-order valence-electron chi connectivity index (χ4n) is 1.78. The molecule has 0 atom stereocenters. The van der Waals surface area contributed by atoms with E-state index in [1.807, 2.05) is 12.1 Å². The predicted octanol–water partition coefficient (Wildman–Crippen LogP) is 4.45. The van der Waals surface area contributed by atoms with Crippen molar-refractivity contribution in [3.05, 3.63) is 33.9 Å². The molecule has 4 heteroatoms. The molecule has 0 amide bonds. The Hall–Kier alpha value is -0.990. The van der Waals surface area contributed by atoms with Crippen LogP contribution in [-0.2, 0) is 6.42 Å². The van der Waals surface area contributed by atoms with E-state index in [9.17, 15) is 5.11 Å². The van der Waals surface area contributed by atoms with Gasteiger partial charge in [0.15, 0.2) is 5.75 Å². The third-order valence-electron chi connectivity index (χ3n) is 2.53. The number of phenols is 1. The van der Waals surface area contributed by atoms with E-state index in [-0.39, 0.29) is 10.8 Å². The lowest BCUT2D eigenvalue weighted by atomic mass is 10.1. The summed E-state index contributed by atoms with van der Waals surface area (Å²) < 4.78 is 0. The van der Waals surface area contributed by atoms with Crippen molar-refractivity contribution in [2.24, 2.45) is 5.92 Å². The minimum absolute atomic E-state index is 0.00308. The number of hydrogen-bond donors (Lipinski definition) is 1. The summed E-state index contributed by atoms with van der Waals surface area (Å²) in [6.45, 7) is 4.24. The van der Waals surface area contributed by atoms with Crippen LogP contribution in [0.4, 0.5) is 0 Å². The van der Waals surface area contributed by atoms with Crippen molar-refractivity contribution in [3.8, 4) is 5.75 Å². The predicted molar refractivity (Wildman–Crippen MR) is 72.0 cm³/mol. The van der Waals surface area contributed by atoms with Gasteiger partial charge >= 0.3 is 0 Å². The molecule has 1 heterocycles. The topological polar surface area (TPSA) is 33.1 Å². The van der Waals surface area contributed by atoms with Gasteiger partial charge in [-0.3, -0.25) is 0 Å². The molecule has 1 aromatic carbocycles. The molecule has 0 bridgehead atoms. The highest BCUT2D eigenvalue weighted by molar-refractivity contribution is 6.39. The third kappa shape index (κ3) is 2.48. The first-order chi connectivity index (χ1) is 7.99. The van der Waals surface area contributed by atoms with Crippen LogP contribution in [0.2, 0.25) is 10.0 Å². The minimum atomic E-state index is -0.00308. The van der Waals surface area contributed by atoms with E-state index >= 15 is 0 Å². The molecule has 0 aliphatic heterocycles. The summed E-state index contributed by atoms with van der Waals surface area (Å²) >= 11 is 11.9. The summed E-state index contributed by atoms with van der Waals surface area (Å²) in [6.07, 6.45) is 0.861. The summed E-state index contributed by atoms with van der Waals surface area (Å²) in [6, 6.07) is 5.34. The molecule has 2 aromatic rings. The first kappa shape index (κ1) is 12.5. The Morgan fingerprint density at radius 2 is 1.94 bits per heavy atom. The summed E-state index contributed by atoms with van der Waals surface area (Å²) in [4.78, 5) is 4.42. The van der Waals surface area contributed by atoms with Crippen molar-refractivity contribution in [2.45, 2.75) is 20.3 Å². The van der Waals surface area contributed by atoms with Gasteiger partial charge in [0.1, 0.15) is 5.52 Å². The maximum atomic E-state index is 9.89. The molecule has 0 saturated carbocycles. The SMILES string of the molecule is CC(C)Cc1ccc2c(Cl)cc(Cl)c(O)c2n1. The Bertz CT molecular complexity index is 567. The molecule has 0 aliphatic carbocycles. The maximum absolute atomic E-state index is 9.89. The van der Waals surface area contributed by atoms with Crippen molar-refractivity contribution < 1.29 is 5.11 Å². The summed E-state index contributed by atoms with van der Waals surface area (Å²) in [7, 11) is 0. The Morgan fingerprint density at radius 1 is 1.24 bits per heavy atom. The number of halogens is 2. The monoisotopic (exact) mass is 269 g/mol. The van der Waals surface area contributed by atoms with E-state index in [1.54, 1.807) is 0 Å². The fraction of sp³-hybridized carbons (Fsp3) is 0.308. The van der Waals surface area contributed by atoms with Crippen molar-refractivity contribution >= 4 is 34.1 Å². The van der Waals surface area contributed by atoms with Crippen molar-refractivity contribution in [2.75, 3.05) is 0 Å². The molecule has 90 valence electrons. The Kier molecular flexibility index (Phi) is 3.45. The van der Waals surface area contributed by atoms with E-state index in [2.05, 4.69) is 18.8 Å². The summed E-state index contributed by atoms with van der Waals surface area (Å²) in [5.74, 6) is 0.508. The fourth-order valence-corrected chi connectivity index (χ4v) is 2.29. The maximum Gasteiger partial charge on any atom is 0.160 e. The van der Waals surface area contributed by atoms with Gasteiger partial charge in [0.2, 0.25) is 0 Å².